The molecule has 10 heteroatoms. The lowest BCUT2D eigenvalue weighted by Gasteiger charge is -2.30. The molecule has 1 heterocycles. The largest absolute Gasteiger partial charge is 0.494 e. The molecule has 230 valence electrons. The van der Waals surface area contributed by atoms with Crippen molar-refractivity contribution < 1.29 is 19.4 Å². The fourth-order valence-electron chi connectivity index (χ4n) is 4.77. The molecular formula is C34H40N6O4. The number of carbonyl (C=O) groups excluding carboxylic acids is 1. The molecule has 0 bridgehead atoms. The van der Waals surface area contributed by atoms with E-state index in [9.17, 15) is 10.3 Å². The molecule has 2 atom stereocenters. The van der Waals surface area contributed by atoms with Crippen LogP contribution in [-0.2, 0) is 9.53 Å². The molecule has 0 saturated carbocycles. The summed E-state index contributed by atoms with van der Waals surface area (Å²) >= 11 is 0. The van der Waals surface area contributed by atoms with Crippen LogP contribution in [0.1, 0.15) is 62.8 Å². The molecule has 3 aromatic carbocycles. The van der Waals surface area contributed by atoms with Gasteiger partial charge in [0.1, 0.15) is 5.75 Å². The van der Waals surface area contributed by atoms with Crippen molar-refractivity contribution in [2.24, 2.45) is 15.5 Å². The number of benzene rings is 3. The van der Waals surface area contributed by atoms with E-state index in [1.807, 2.05) is 60.7 Å². The monoisotopic (exact) mass is 596 g/mol. The molecule has 0 spiro atoms. The van der Waals surface area contributed by atoms with Gasteiger partial charge in [-0.1, -0.05) is 92.6 Å². The summed E-state index contributed by atoms with van der Waals surface area (Å²) in [6.45, 7) is 7.43. The second-order valence-electron chi connectivity index (χ2n) is 11.7. The van der Waals surface area contributed by atoms with Crippen molar-refractivity contribution in [2.75, 3.05) is 19.8 Å². The third-order valence-electron chi connectivity index (χ3n) is 7.14. The minimum Gasteiger partial charge on any atom is -0.494 e. The standard InChI is InChI=1S/C34H40N6O4/c1-33(2,3)21-22-36-39-32(42)34(20-9-13-25-11-5-4-6-12-25)30(28-14-7-8-15-29(28)38-40-35)44-31(37-34)26-16-18-27(19-17-26)43-24-10-23-41/h4-9,11-19,30,36,41H,10,20-24H2,1-3H3,(H,39,42)/b13-9+/t30-,34-/m0/s1. The van der Waals surface area contributed by atoms with E-state index in [-0.39, 0.29) is 30.2 Å². The lowest BCUT2D eigenvalue weighted by Crippen LogP contribution is -2.52. The summed E-state index contributed by atoms with van der Waals surface area (Å²) in [5.74, 6) is 0.554. The maximum atomic E-state index is 14.2. The maximum Gasteiger partial charge on any atom is 0.266 e. The minimum atomic E-state index is -1.44. The molecule has 0 radical (unpaired) electrons. The molecule has 0 unspecified atom stereocenters. The van der Waals surface area contributed by atoms with Gasteiger partial charge in [-0.15, -0.1) is 0 Å². The van der Waals surface area contributed by atoms with E-state index in [1.54, 1.807) is 30.3 Å². The molecule has 0 aromatic heterocycles. The zero-order valence-electron chi connectivity index (χ0n) is 25.4. The topological polar surface area (TPSA) is 141 Å². The van der Waals surface area contributed by atoms with Gasteiger partial charge in [0.15, 0.2) is 11.6 Å². The molecule has 0 fully saturated rings. The lowest BCUT2D eigenvalue weighted by molar-refractivity contribution is -0.129. The number of hydrazine groups is 1. The van der Waals surface area contributed by atoms with E-state index >= 15 is 0 Å². The van der Waals surface area contributed by atoms with Crippen LogP contribution in [0.2, 0.25) is 0 Å². The number of rotatable bonds is 14. The first-order valence-corrected chi connectivity index (χ1v) is 14.8. The minimum absolute atomic E-state index is 0.0510. The summed E-state index contributed by atoms with van der Waals surface area (Å²) in [5.41, 5.74) is 16.5. The fourth-order valence-corrected chi connectivity index (χ4v) is 4.77. The fraction of sp³-hybridized carbons (Fsp3) is 0.353. The zero-order valence-corrected chi connectivity index (χ0v) is 25.4. The molecule has 1 aliphatic heterocycles. The Morgan fingerprint density at radius 2 is 1.84 bits per heavy atom. The summed E-state index contributed by atoms with van der Waals surface area (Å²) in [6, 6.07) is 24.1. The normalized spacial score (nSPS) is 17.9. The molecule has 0 saturated heterocycles. The second-order valence-corrected chi connectivity index (χ2v) is 11.7. The summed E-state index contributed by atoms with van der Waals surface area (Å²) in [6.07, 6.45) is 4.54. The summed E-state index contributed by atoms with van der Waals surface area (Å²) in [5, 5.41) is 12.9. The van der Waals surface area contributed by atoms with Crippen LogP contribution in [0.15, 0.2) is 95.0 Å². The van der Waals surface area contributed by atoms with Crippen molar-refractivity contribution in [3.63, 3.8) is 0 Å². The van der Waals surface area contributed by atoms with E-state index in [1.165, 1.54) is 0 Å². The highest BCUT2D eigenvalue weighted by molar-refractivity contribution is 6.01. The molecule has 3 N–H and O–H groups in total. The summed E-state index contributed by atoms with van der Waals surface area (Å²) < 4.78 is 12.2. The second kappa shape index (κ2) is 15.2. The first-order chi connectivity index (χ1) is 21.3. The van der Waals surface area contributed by atoms with Crippen molar-refractivity contribution >= 4 is 23.6 Å². The Balaban J connectivity index is 1.75. The van der Waals surface area contributed by atoms with Gasteiger partial charge in [0, 0.05) is 47.7 Å². The first kappa shape index (κ1) is 32.3. The Morgan fingerprint density at radius 1 is 1.11 bits per heavy atom. The number of hydrogen-bond acceptors (Lipinski definition) is 7. The van der Waals surface area contributed by atoms with Crippen LogP contribution in [0.25, 0.3) is 16.5 Å². The smallest absolute Gasteiger partial charge is 0.266 e. The zero-order chi connectivity index (χ0) is 31.4. The van der Waals surface area contributed by atoms with Gasteiger partial charge in [-0.2, -0.15) is 0 Å². The molecule has 44 heavy (non-hydrogen) atoms. The number of nitrogens with one attached hydrogen (secondary N) is 2. The molecule has 3 aromatic rings. The van der Waals surface area contributed by atoms with Crippen molar-refractivity contribution in [3.05, 3.63) is 112 Å². The van der Waals surface area contributed by atoms with Gasteiger partial charge >= 0.3 is 0 Å². The van der Waals surface area contributed by atoms with Gasteiger partial charge in [-0.05, 0) is 47.2 Å². The number of azide groups is 1. The number of nitrogens with zero attached hydrogens (tertiary/aromatic N) is 4. The van der Waals surface area contributed by atoms with E-state index in [0.29, 0.717) is 42.1 Å². The Bertz CT molecular complexity index is 1490. The number of ether oxygens (including phenoxy) is 2. The van der Waals surface area contributed by atoms with Crippen molar-refractivity contribution in [1.82, 2.24) is 10.9 Å². The van der Waals surface area contributed by atoms with E-state index in [4.69, 9.17) is 19.6 Å². The third kappa shape index (κ3) is 8.48. The Labute approximate surface area is 258 Å². The summed E-state index contributed by atoms with van der Waals surface area (Å²) in [7, 11) is 0. The molecule has 4 rings (SSSR count). The quantitative estimate of drug-likeness (QED) is 0.0617. The van der Waals surface area contributed by atoms with Crippen molar-refractivity contribution in [3.8, 4) is 5.75 Å². The average molecular weight is 597 g/mol. The number of amides is 1. The van der Waals surface area contributed by atoms with Crippen molar-refractivity contribution in [1.29, 1.82) is 0 Å². The molecule has 1 amide bonds. The van der Waals surface area contributed by atoms with Crippen LogP contribution >= 0.6 is 0 Å². The van der Waals surface area contributed by atoms with E-state index in [2.05, 4.69) is 41.6 Å². The SMILES string of the molecule is CC(C)(C)CCNNC(=O)[C@@]1(C/C=C/c2ccccc2)N=C(c2ccc(OCCCO)cc2)O[C@H]1c1ccccc1N=[N+]=[N-]. The van der Waals surface area contributed by atoms with Crippen LogP contribution < -0.4 is 15.6 Å². The highest BCUT2D eigenvalue weighted by atomic mass is 16.5. The molecule has 0 aliphatic carbocycles. The Kier molecular flexibility index (Phi) is 11.2. The molecular weight excluding hydrogens is 556 g/mol. The predicted molar refractivity (Wildman–Crippen MR) is 172 cm³/mol. The number of carbonyl (C=O) groups is 1. The van der Waals surface area contributed by atoms with Gasteiger partial charge < -0.3 is 14.6 Å². The highest BCUT2D eigenvalue weighted by Gasteiger charge is 2.53. The summed E-state index contributed by atoms with van der Waals surface area (Å²) in [4.78, 5) is 22.2. The van der Waals surface area contributed by atoms with Gasteiger partial charge in [0.05, 0.1) is 6.61 Å². The van der Waals surface area contributed by atoms with E-state index < -0.39 is 11.6 Å². The number of hydrogen-bond donors (Lipinski definition) is 3. The van der Waals surface area contributed by atoms with Gasteiger partial charge in [0.25, 0.3) is 5.91 Å². The molecule has 1 aliphatic rings. The maximum absolute atomic E-state index is 14.2. The van der Waals surface area contributed by atoms with Gasteiger partial charge in [-0.3, -0.25) is 10.2 Å². The Morgan fingerprint density at radius 3 is 2.55 bits per heavy atom. The van der Waals surface area contributed by atoms with E-state index in [0.717, 1.165) is 12.0 Å². The number of aliphatic hydroxyl groups excluding tert-OH is 1. The van der Waals surface area contributed by atoms with Crippen LogP contribution in [-0.4, -0.2) is 42.2 Å². The predicted octanol–water partition coefficient (Wildman–Crippen LogP) is 6.81. The van der Waals surface area contributed by atoms with Crippen LogP contribution in [0.5, 0.6) is 5.75 Å². The highest BCUT2D eigenvalue weighted by Crippen LogP contribution is 2.45. The van der Waals surface area contributed by atoms with Crippen LogP contribution in [0.3, 0.4) is 0 Å². The van der Waals surface area contributed by atoms with Crippen LogP contribution in [0.4, 0.5) is 5.69 Å². The first-order valence-electron chi connectivity index (χ1n) is 14.8. The van der Waals surface area contributed by atoms with Gasteiger partial charge in [0.2, 0.25) is 5.90 Å². The van der Waals surface area contributed by atoms with Gasteiger partial charge in [-0.25, -0.2) is 10.4 Å². The van der Waals surface area contributed by atoms with Crippen molar-refractivity contribution in [2.45, 2.75) is 51.7 Å². The van der Waals surface area contributed by atoms with Crippen LogP contribution in [0, 0.1) is 5.41 Å². The average Bonchev–Trinajstić information content (AvgIpc) is 3.41. The lowest BCUT2D eigenvalue weighted by atomic mass is 9.83. The Hall–Kier alpha value is -4.63. The third-order valence-corrected chi connectivity index (χ3v) is 7.14. The molecule has 10 nitrogen and oxygen atoms in total. The number of aliphatic hydroxyl groups is 1. The number of aliphatic imine (C=N–C) groups is 1.